The number of benzene rings is 1. The van der Waals surface area contributed by atoms with Crippen molar-refractivity contribution in [3.63, 3.8) is 0 Å². The fourth-order valence-electron chi connectivity index (χ4n) is 1.88. The largest absolute Gasteiger partial charge is 0.376 e. The minimum absolute atomic E-state index is 0. The molecule has 2 rings (SSSR count). The van der Waals surface area contributed by atoms with Crippen LogP contribution in [0.15, 0.2) is 48.2 Å². The predicted octanol–water partition coefficient (Wildman–Crippen LogP) is 4.28. The van der Waals surface area contributed by atoms with E-state index < -0.39 is 0 Å². The van der Waals surface area contributed by atoms with E-state index in [9.17, 15) is 0 Å². The van der Waals surface area contributed by atoms with Gasteiger partial charge < -0.3 is 4.90 Å². The van der Waals surface area contributed by atoms with Gasteiger partial charge in [-0.3, -0.25) is 0 Å². The summed E-state index contributed by atoms with van der Waals surface area (Å²) in [6.45, 7) is 9.16. The van der Waals surface area contributed by atoms with Crippen LogP contribution in [0.3, 0.4) is 0 Å². The Labute approximate surface area is 139 Å². The van der Waals surface area contributed by atoms with Crippen LogP contribution in [0.25, 0.3) is 5.70 Å². The van der Waals surface area contributed by atoms with Gasteiger partial charge in [-0.15, -0.1) is 17.7 Å². The summed E-state index contributed by atoms with van der Waals surface area (Å²) < 4.78 is 0. The Balaban J connectivity index is 0.00000162. The molecule has 0 spiro atoms. The van der Waals surface area contributed by atoms with Crippen LogP contribution >= 0.6 is 11.6 Å². The van der Waals surface area contributed by atoms with Crippen LogP contribution in [0.5, 0.6) is 0 Å². The molecule has 1 aromatic carbocycles. The number of hydrogen-bond acceptors (Lipinski definition) is 1. The summed E-state index contributed by atoms with van der Waals surface area (Å²) in [7, 11) is 0. The topological polar surface area (TPSA) is 3.24 Å². The molecule has 1 aliphatic rings. The van der Waals surface area contributed by atoms with Gasteiger partial charge in [0.15, 0.2) is 0 Å². The van der Waals surface area contributed by atoms with E-state index in [0.717, 1.165) is 34.1 Å². The molecule has 0 saturated carbocycles. The first-order chi connectivity index (χ1) is 8.13. The van der Waals surface area contributed by atoms with Gasteiger partial charge in [0.1, 0.15) is 0 Å². The molecule has 0 unspecified atom stereocenters. The van der Waals surface area contributed by atoms with Crippen molar-refractivity contribution < 1.29 is 32.7 Å². The maximum absolute atomic E-state index is 5.90. The van der Waals surface area contributed by atoms with Crippen LogP contribution in [0.4, 0.5) is 0 Å². The molecule has 0 aromatic heterocycles. The van der Waals surface area contributed by atoms with Crippen molar-refractivity contribution in [2.75, 3.05) is 6.54 Å². The minimum atomic E-state index is 0. The molecule has 0 saturated heterocycles. The standard InChI is InChI=1S/C15H15ClN.Y/c1-4-17-12(3)11(2)5-10-15(17)13-6-8-14(16)9-7-13;/h5-9H,3-4H2,1-2H3;/q-1;. The van der Waals surface area contributed by atoms with Crippen LogP contribution in [0.1, 0.15) is 19.4 Å². The molecule has 1 nitrogen and oxygen atoms in total. The first-order valence-electron chi connectivity index (χ1n) is 5.66. The molecule has 3 heteroatoms. The summed E-state index contributed by atoms with van der Waals surface area (Å²) in [5.41, 5.74) is 4.36. The predicted molar refractivity (Wildman–Crippen MR) is 73.4 cm³/mol. The quantitative estimate of drug-likeness (QED) is 0.730. The fraction of sp³-hybridized carbons (Fsp3) is 0.200. The zero-order valence-corrected chi connectivity index (χ0v) is 14.3. The zero-order chi connectivity index (χ0) is 12.4. The van der Waals surface area contributed by atoms with Gasteiger partial charge in [-0.05, 0) is 12.6 Å². The second-order valence-corrected chi connectivity index (χ2v) is 4.45. The molecular weight excluding hydrogens is 319 g/mol. The number of allylic oxidation sites excluding steroid dienone is 3. The monoisotopic (exact) mass is 333 g/mol. The SMILES string of the molecule is C=C1C(C)=C[C-]=C(c2ccc(Cl)cc2)N1CC.[Y]. The van der Waals surface area contributed by atoms with E-state index in [0.29, 0.717) is 0 Å². The van der Waals surface area contributed by atoms with Crippen molar-refractivity contribution in [2.24, 2.45) is 0 Å². The Bertz CT molecular complexity index is 500. The summed E-state index contributed by atoms with van der Waals surface area (Å²) in [6, 6.07) is 7.81. The average molecular weight is 334 g/mol. The van der Waals surface area contributed by atoms with Gasteiger partial charge in [-0.25, -0.2) is 0 Å². The van der Waals surface area contributed by atoms with Crippen LogP contribution in [-0.4, -0.2) is 11.4 Å². The van der Waals surface area contributed by atoms with Crippen LogP contribution in [0, 0.1) is 6.08 Å². The van der Waals surface area contributed by atoms with E-state index >= 15 is 0 Å². The van der Waals surface area contributed by atoms with Gasteiger partial charge in [-0.1, -0.05) is 48.5 Å². The van der Waals surface area contributed by atoms with Crippen molar-refractivity contribution in [1.29, 1.82) is 0 Å². The Kier molecular flexibility index (Phi) is 5.84. The Morgan fingerprint density at radius 2 is 1.89 bits per heavy atom. The molecule has 18 heavy (non-hydrogen) atoms. The van der Waals surface area contributed by atoms with E-state index in [1.54, 1.807) is 0 Å². The minimum Gasteiger partial charge on any atom is -0.376 e. The number of hydrogen-bond donors (Lipinski definition) is 0. The fourth-order valence-corrected chi connectivity index (χ4v) is 2.01. The molecule has 1 heterocycles. The number of rotatable bonds is 2. The summed E-state index contributed by atoms with van der Waals surface area (Å²) in [4.78, 5) is 2.17. The third kappa shape index (κ3) is 3.14. The van der Waals surface area contributed by atoms with Gasteiger partial charge in [0.25, 0.3) is 0 Å². The average Bonchev–Trinajstić information content (AvgIpc) is 2.34. The van der Waals surface area contributed by atoms with Crippen LogP contribution < -0.4 is 0 Å². The molecule has 0 fully saturated rings. The van der Waals surface area contributed by atoms with E-state index in [4.69, 9.17) is 11.6 Å². The van der Waals surface area contributed by atoms with E-state index in [1.807, 2.05) is 30.3 Å². The molecule has 0 N–H and O–H groups in total. The summed E-state index contributed by atoms with van der Waals surface area (Å²) in [5, 5.41) is 0.749. The number of halogens is 1. The van der Waals surface area contributed by atoms with E-state index in [1.165, 1.54) is 0 Å². The Hall–Kier alpha value is -0.366. The van der Waals surface area contributed by atoms with Gasteiger partial charge in [0, 0.05) is 44.3 Å². The van der Waals surface area contributed by atoms with Gasteiger partial charge >= 0.3 is 0 Å². The number of nitrogens with zero attached hydrogens (tertiary/aromatic N) is 1. The first-order valence-corrected chi connectivity index (χ1v) is 6.04. The molecular formula is C15H15ClNY-. The zero-order valence-electron chi connectivity index (χ0n) is 10.7. The van der Waals surface area contributed by atoms with Gasteiger partial charge in [0.05, 0.1) is 0 Å². The molecule has 0 amide bonds. The third-order valence-electron chi connectivity index (χ3n) is 2.91. The maximum atomic E-state index is 5.90. The van der Waals surface area contributed by atoms with Gasteiger partial charge in [0.2, 0.25) is 0 Å². The van der Waals surface area contributed by atoms with Crippen LogP contribution in [0.2, 0.25) is 5.02 Å². The summed E-state index contributed by atoms with van der Waals surface area (Å²) in [6.07, 6.45) is 5.30. The second kappa shape index (κ2) is 6.70. The Morgan fingerprint density at radius 3 is 2.44 bits per heavy atom. The summed E-state index contributed by atoms with van der Waals surface area (Å²) >= 11 is 5.90. The van der Waals surface area contributed by atoms with Crippen molar-refractivity contribution in [1.82, 2.24) is 4.90 Å². The molecule has 91 valence electrons. The Morgan fingerprint density at radius 1 is 1.28 bits per heavy atom. The van der Waals surface area contributed by atoms with E-state index in [-0.39, 0.29) is 32.7 Å². The molecule has 0 bridgehead atoms. The molecule has 0 atom stereocenters. The molecule has 1 aromatic rings. The molecule has 1 aliphatic heterocycles. The van der Waals surface area contributed by atoms with Crippen molar-refractivity contribution >= 4 is 17.3 Å². The normalized spacial score (nSPS) is 14.8. The smallest absolute Gasteiger partial charge is 0.0385 e. The van der Waals surface area contributed by atoms with Crippen molar-refractivity contribution in [2.45, 2.75) is 13.8 Å². The summed E-state index contributed by atoms with van der Waals surface area (Å²) in [5.74, 6) is 0. The molecule has 1 radical (unpaired) electrons. The second-order valence-electron chi connectivity index (χ2n) is 4.02. The molecule has 0 aliphatic carbocycles. The third-order valence-corrected chi connectivity index (χ3v) is 3.16. The maximum Gasteiger partial charge on any atom is 0.0385 e. The van der Waals surface area contributed by atoms with Crippen molar-refractivity contribution in [3.05, 3.63) is 64.9 Å². The van der Waals surface area contributed by atoms with Gasteiger partial charge in [-0.2, -0.15) is 12.2 Å². The van der Waals surface area contributed by atoms with E-state index in [2.05, 4.69) is 31.4 Å². The van der Waals surface area contributed by atoms with Crippen LogP contribution in [-0.2, 0) is 32.7 Å². The van der Waals surface area contributed by atoms with Crippen molar-refractivity contribution in [3.8, 4) is 0 Å². The first kappa shape index (κ1) is 15.7. The number of likely N-dealkylation sites (N-methyl/N-ethyl adjacent to an activating group) is 1.